The van der Waals surface area contributed by atoms with E-state index in [4.69, 9.17) is 9.47 Å². The Morgan fingerprint density at radius 1 is 0.970 bits per heavy atom. The van der Waals surface area contributed by atoms with Crippen molar-refractivity contribution in [2.45, 2.75) is 80.3 Å². The number of nitrogens with one attached hydrogen (secondary N) is 3. The molecule has 6 heterocycles. The largest absolute Gasteiger partial charge is 0.489 e. The number of piperidine rings is 1. The van der Waals surface area contributed by atoms with E-state index in [0.717, 1.165) is 75.2 Å². The minimum atomic E-state index is -4.63. The molecule has 2 aromatic heterocycles. The van der Waals surface area contributed by atoms with E-state index in [-0.39, 0.29) is 35.4 Å². The van der Waals surface area contributed by atoms with E-state index in [1.165, 1.54) is 51.1 Å². The Bertz CT molecular complexity index is 2770. The molecule has 2 aliphatic carbocycles. The van der Waals surface area contributed by atoms with Crippen LogP contribution < -0.4 is 24.4 Å². The van der Waals surface area contributed by atoms with Gasteiger partial charge in [-0.2, -0.15) is 0 Å². The number of piperazine rings is 1. The molecule has 346 valence electrons. The fraction of sp³-hybridized carbons (Fsp3) is 0.469. The van der Waals surface area contributed by atoms with Crippen molar-refractivity contribution in [3.63, 3.8) is 0 Å². The van der Waals surface area contributed by atoms with E-state index >= 15 is 0 Å². The number of fused-ring (bicyclic) bond motifs is 2. The molecule has 2 atom stereocenters. The molecule has 17 heteroatoms. The number of H-pyrrole nitrogens is 1. The standard InChI is InChI=1S/C49H57N9O7S/c1-54-19-21-55(22-20-54)30-34-31-64-45-26-38(25-43(58(60)61)46(45)52-34)66(62,63)53-48(59)41-11-10-35(24-44(41)65-37-23-33-12-15-50-47(33)51-29-37)56-17-13-49(14-18-56)27-36(28-49)57-16-4-7-42(57)40-6-3-2-5-39(40)32-8-9-32/h2-3,5-6,10-12,15,23-26,29,32,34,36,42,52H,4,7-9,13-14,16-22,27-28,30-31H2,1H3,(H,50,51)(H,53,59). The fourth-order valence-electron chi connectivity index (χ4n) is 11.3. The van der Waals surface area contributed by atoms with Gasteiger partial charge in [-0.05, 0) is 112 Å². The van der Waals surface area contributed by atoms with Crippen LogP contribution in [0.25, 0.3) is 11.0 Å². The molecule has 3 N–H and O–H groups in total. The van der Waals surface area contributed by atoms with Gasteiger partial charge in [0.1, 0.15) is 23.8 Å². The number of amides is 1. The predicted molar refractivity (Wildman–Crippen MR) is 251 cm³/mol. The number of nitro benzene ring substituents is 1. The second kappa shape index (κ2) is 17.2. The summed E-state index contributed by atoms with van der Waals surface area (Å²) in [6, 6.07) is 21.1. The highest BCUT2D eigenvalue weighted by molar-refractivity contribution is 7.90. The number of hydrogen-bond donors (Lipinski definition) is 3. The van der Waals surface area contributed by atoms with Crippen LogP contribution in [0.15, 0.2) is 84.0 Å². The van der Waals surface area contributed by atoms with Gasteiger partial charge in [-0.25, -0.2) is 18.1 Å². The van der Waals surface area contributed by atoms with Crippen molar-refractivity contribution in [1.29, 1.82) is 0 Å². The topological polar surface area (TPSA) is 179 Å². The number of nitro groups is 1. The van der Waals surface area contributed by atoms with E-state index in [1.807, 2.05) is 12.1 Å². The molecule has 1 spiro atoms. The number of benzene rings is 3. The average Bonchev–Trinajstić information content (AvgIpc) is 3.85. The molecule has 5 aromatic rings. The summed E-state index contributed by atoms with van der Waals surface area (Å²) in [7, 11) is -2.56. The number of nitrogens with zero attached hydrogens (tertiary/aromatic N) is 6. The molecule has 6 aliphatic rings. The van der Waals surface area contributed by atoms with Gasteiger partial charge in [-0.1, -0.05) is 24.3 Å². The molecule has 3 saturated heterocycles. The van der Waals surface area contributed by atoms with Crippen molar-refractivity contribution >= 4 is 44.0 Å². The minimum absolute atomic E-state index is 0.0210. The van der Waals surface area contributed by atoms with Gasteiger partial charge >= 0.3 is 0 Å². The lowest BCUT2D eigenvalue weighted by molar-refractivity contribution is -0.384. The molecular weight excluding hydrogens is 859 g/mol. The molecular formula is C49H57N9O7S. The predicted octanol–water partition coefficient (Wildman–Crippen LogP) is 7.27. The minimum Gasteiger partial charge on any atom is -0.489 e. The zero-order valence-electron chi connectivity index (χ0n) is 37.3. The van der Waals surface area contributed by atoms with Crippen molar-refractivity contribution in [3.8, 4) is 17.2 Å². The Balaban J connectivity index is 0.795. The van der Waals surface area contributed by atoms with Crippen LogP contribution in [-0.4, -0.2) is 122 Å². The molecule has 2 unspecified atom stereocenters. The highest BCUT2D eigenvalue weighted by atomic mass is 32.2. The number of likely N-dealkylation sites (tertiary alicyclic amines) is 1. The molecule has 3 aromatic carbocycles. The van der Waals surface area contributed by atoms with Crippen LogP contribution in [0.3, 0.4) is 0 Å². The highest BCUT2D eigenvalue weighted by Crippen LogP contribution is 2.55. The molecule has 4 aliphatic heterocycles. The quantitative estimate of drug-likeness (QED) is 0.0842. The van der Waals surface area contributed by atoms with Gasteiger partial charge in [-0.15, -0.1) is 0 Å². The van der Waals surface area contributed by atoms with Crippen molar-refractivity contribution < 1.29 is 27.6 Å². The lowest BCUT2D eigenvalue weighted by Crippen LogP contribution is -2.54. The maximum Gasteiger partial charge on any atom is 0.297 e. The number of carbonyl (C=O) groups excluding carboxylic acids is 1. The summed E-state index contributed by atoms with van der Waals surface area (Å²) >= 11 is 0. The number of hydrogen-bond acceptors (Lipinski definition) is 13. The van der Waals surface area contributed by atoms with Gasteiger partial charge in [0.15, 0.2) is 11.4 Å². The zero-order valence-corrected chi connectivity index (χ0v) is 38.1. The first-order chi connectivity index (χ1) is 32.0. The molecule has 11 rings (SSSR count). The summed E-state index contributed by atoms with van der Waals surface area (Å²) < 4.78 is 42.4. The molecule has 66 heavy (non-hydrogen) atoms. The number of pyridine rings is 1. The third kappa shape index (κ3) is 8.46. The van der Waals surface area contributed by atoms with E-state index < -0.39 is 31.4 Å². The highest BCUT2D eigenvalue weighted by Gasteiger charge is 2.50. The number of carbonyl (C=O) groups is 1. The molecule has 0 radical (unpaired) electrons. The van der Waals surface area contributed by atoms with Crippen LogP contribution in [0.4, 0.5) is 17.1 Å². The third-order valence-electron chi connectivity index (χ3n) is 15.1. The molecule has 0 bridgehead atoms. The summed E-state index contributed by atoms with van der Waals surface area (Å²) in [6.07, 6.45) is 13.0. The zero-order chi connectivity index (χ0) is 45.2. The van der Waals surface area contributed by atoms with Gasteiger partial charge in [0.2, 0.25) is 0 Å². The Kier molecular flexibility index (Phi) is 11.1. The summed E-state index contributed by atoms with van der Waals surface area (Å²) in [5, 5.41) is 16.4. The molecule has 1 amide bonds. The maximum atomic E-state index is 14.1. The van der Waals surface area contributed by atoms with Crippen molar-refractivity contribution in [3.05, 3.63) is 106 Å². The van der Waals surface area contributed by atoms with E-state index in [2.05, 4.69) is 70.9 Å². The van der Waals surface area contributed by atoms with Crippen LogP contribution in [0.2, 0.25) is 0 Å². The first-order valence-corrected chi connectivity index (χ1v) is 25.0. The molecule has 5 fully saturated rings. The number of sulfonamides is 1. The third-order valence-corrected chi connectivity index (χ3v) is 16.4. The summed E-state index contributed by atoms with van der Waals surface area (Å²) in [4.78, 5) is 42.6. The van der Waals surface area contributed by atoms with E-state index in [0.29, 0.717) is 35.4 Å². The van der Waals surface area contributed by atoms with Crippen LogP contribution >= 0.6 is 0 Å². The Hall–Kier alpha value is -5.75. The van der Waals surface area contributed by atoms with Crippen molar-refractivity contribution in [1.82, 2.24) is 29.4 Å². The first kappa shape index (κ1) is 42.9. The molecule has 2 saturated carbocycles. The van der Waals surface area contributed by atoms with Gasteiger partial charge < -0.3 is 29.6 Å². The van der Waals surface area contributed by atoms with Crippen molar-refractivity contribution in [2.24, 2.45) is 5.41 Å². The lowest BCUT2D eigenvalue weighted by atomic mass is 9.59. The van der Waals surface area contributed by atoms with Crippen LogP contribution in [0.5, 0.6) is 17.2 Å². The summed E-state index contributed by atoms with van der Waals surface area (Å²) in [5.74, 6) is 0.353. The van der Waals surface area contributed by atoms with Gasteiger partial charge in [-0.3, -0.25) is 24.7 Å². The number of ether oxygens (including phenoxy) is 2. The van der Waals surface area contributed by atoms with Crippen molar-refractivity contribution in [2.75, 3.05) is 76.2 Å². The number of aromatic nitrogens is 2. The van der Waals surface area contributed by atoms with E-state index in [1.54, 1.807) is 41.7 Å². The van der Waals surface area contributed by atoms with Crippen LogP contribution in [-0.2, 0) is 10.0 Å². The monoisotopic (exact) mass is 915 g/mol. The average molecular weight is 916 g/mol. The Morgan fingerprint density at radius 2 is 1.76 bits per heavy atom. The molecule has 16 nitrogen and oxygen atoms in total. The second-order valence-corrected chi connectivity index (χ2v) is 21.2. The second-order valence-electron chi connectivity index (χ2n) is 19.5. The van der Waals surface area contributed by atoms with Gasteiger partial charge in [0, 0.05) is 93.4 Å². The van der Waals surface area contributed by atoms with Crippen LogP contribution in [0, 0.1) is 15.5 Å². The smallest absolute Gasteiger partial charge is 0.297 e. The first-order valence-electron chi connectivity index (χ1n) is 23.5. The maximum absolute atomic E-state index is 14.1. The Labute approximate surface area is 384 Å². The Morgan fingerprint density at radius 3 is 2.53 bits per heavy atom. The van der Waals surface area contributed by atoms with Gasteiger partial charge in [0.05, 0.1) is 27.6 Å². The van der Waals surface area contributed by atoms with E-state index in [9.17, 15) is 23.3 Å². The fourth-order valence-corrected chi connectivity index (χ4v) is 12.3. The SMILES string of the molecule is CN1CCN(CC2COc3cc(S(=O)(=O)NC(=O)c4ccc(N5CCC6(CC5)CC(N5CCCC5c5ccccc5C5CC5)C6)cc4Oc4cnc5[nH]ccc5c4)cc([N+](=O)[O-])c3N2)CC1. The summed E-state index contributed by atoms with van der Waals surface area (Å²) in [5.41, 5.74) is 4.62. The normalized spacial score (nSPS) is 22.7. The lowest BCUT2D eigenvalue weighted by Gasteiger charge is -2.56. The number of aromatic amines is 1. The van der Waals surface area contributed by atoms with Crippen LogP contribution in [0.1, 0.15) is 84.8 Å². The number of likely N-dealkylation sites (N-methyl/N-ethyl adjacent to an activating group) is 1. The van der Waals surface area contributed by atoms with Gasteiger partial charge in [0.25, 0.3) is 21.6 Å². The summed E-state index contributed by atoms with van der Waals surface area (Å²) in [6.45, 7) is 7.25. The number of anilines is 2. The number of rotatable bonds is 12.